The van der Waals surface area contributed by atoms with Gasteiger partial charge in [-0.3, -0.25) is 0 Å². The highest BCUT2D eigenvalue weighted by molar-refractivity contribution is 4.69. The SMILES string of the molecule is [CH2]CCCC(C)C1CCCCCCC1. The maximum absolute atomic E-state index is 3.94. The summed E-state index contributed by atoms with van der Waals surface area (Å²) in [5.41, 5.74) is 0. The molecule has 1 fully saturated rings. The summed E-state index contributed by atoms with van der Waals surface area (Å²) in [6.07, 6.45) is 14.3. The molecule has 0 aliphatic heterocycles. The largest absolute Gasteiger partial charge is 0.0622 e. The zero-order valence-corrected chi connectivity index (χ0v) is 9.93. The highest BCUT2D eigenvalue weighted by atomic mass is 14.2. The molecule has 0 heteroatoms. The monoisotopic (exact) mass is 195 g/mol. The van der Waals surface area contributed by atoms with Gasteiger partial charge >= 0.3 is 0 Å². The average Bonchev–Trinajstić information content (AvgIpc) is 2.13. The fourth-order valence-corrected chi connectivity index (χ4v) is 2.76. The topological polar surface area (TPSA) is 0 Å². The second kappa shape index (κ2) is 7.31. The van der Waals surface area contributed by atoms with Crippen LogP contribution in [0.2, 0.25) is 0 Å². The fourth-order valence-electron chi connectivity index (χ4n) is 2.76. The van der Waals surface area contributed by atoms with Gasteiger partial charge < -0.3 is 0 Å². The van der Waals surface area contributed by atoms with E-state index in [1.165, 1.54) is 57.8 Å². The van der Waals surface area contributed by atoms with Crippen LogP contribution in [0.3, 0.4) is 0 Å². The molecule has 1 unspecified atom stereocenters. The first-order chi connectivity index (χ1) is 6.84. The van der Waals surface area contributed by atoms with Crippen LogP contribution in [-0.4, -0.2) is 0 Å². The van der Waals surface area contributed by atoms with E-state index in [2.05, 4.69) is 13.8 Å². The van der Waals surface area contributed by atoms with Gasteiger partial charge in [0.25, 0.3) is 0 Å². The van der Waals surface area contributed by atoms with Gasteiger partial charge in [0.05, 0.1) is 0 Å². The Balaban J connectivity index is 2.23. The van der Waals surface area contributed by atoms with Crippen molar-refractivity contribution in [2.75, 3.05) is 0 Å². The molecule has 14 heavy (non-hydrogen) atoms. The minimum atomic E-state index is 0.954. The summed E-state index contributed by atoms with van der Waals surface area (Å²) in [5, 5.41) is 0. The maximum Gasteiger partial charge on any atom is -0.0388 e. The molecule has 0 aromatic rings. The molecule has 0 N–H and O–H groups in total. The molecule has 1 atom stereocenters. The molecule has 0 bridgehead atoms. The van der Waals surface area contributed by atoms with Crippen molar-refractivity contribution in [3.8, 4) is 0 Å². The van der Waals surface area contributed by atoms with Crippen LogP contribution in [0.1, 0.15) is 71.1 Å². The lowest BCUT2D eigenvalue weighted by molar-refractivity contribution is 0.266. The number of hydrogen-bond acceptors (Lipinski definition) is 0. The van der Waals surface area contributed by atoms with Gasteiger partial charge in [-0.2, -0.15) is 0 Å². The molecular formula is C14H27. The van der Waals surface area contributed by atoms with Crippen molar-refractivity contribution in [1.82, 2.24) is 0 Å². The first kappa shape index (κ1) is 12.1. The molecule has 1 saturated carbocycles. The van der Waals surface area contributed by atoms with Crippen LogP contribution in [0.25, 0.3) is 0 Å². The molecule has 0 spiro atoms. The van der Waals surface area contributed by atoms with E-state index in [4.69, 9.17) is 0 Å². The summed E-state index contributed by atoms with van der Waals surface area (Å²) < 4.78 is 0. The predicted molar refractivity (Wildman–Crippen MR) is 64.2 cm³/mol. The van der Waals surface area contributed by atoms with Crippen molar-refractivity contribution in [2.45, 2.75) is 71.1 Å². The van der Waals surface area contributed by atoms with Gasteiger partial charge in [-0.15, -0.1) is 0 Å². The lowest BCUT2D eigenvalue weighted by Gasteiger charge is -2.25. The number of unbranched alkanes of at least 4 members (excludes halogenated alkanes) is 1. The van der Waals surface area contributed by atoms with Crippen molar-refractivity contribution in [3.63, 3.8) is 0 Å². The van der Waals surface area contributed by atoms with E-state index in [1.807, 2.05) is 0 Å². The summed E-state index contributed by atoms with van der Waals surface area (Å²) in [5.74, 6) is 1.98. The van der Waals surface area contributed by atoms with Gasteiger partial charge in [-0.05, 0) is 11.8 Å². The van der Waals surface area contributed by atoms with Gasteiger partial charge in [-0.25, -0.2) is 0 Å². The molecule has 1 aliphatic rings. The molecule has 83 valence electrons. The first-order valence-electron chi connectivity index (χ1n) is 6.64. The maximum atomic E-state index is 3.94. The van der Waals surface area contributed by atoms with E-state index < -0.39 is 0 Å². The van der Waals surface area contributed by atoms with Gasteiger partial charge in [0.15, 0.2) is 0 Å². The molecule has 0 aromatic heterocycles. The third-order valence-electron chi connectivity index (χ3n) is 3.86. The van der Waals surface area contributed by atoms with E-state index in [9.17, 15) is 0 Å². The lowest BCUT2D eigenvalue weighted by atomic mass is 9.80. The van der Waals surface area contributed by atoms with Gasteiger partial charge in [0.1, 0.15) is 0 Å². The Morgan fingerprint density at radius 3 is 2.21 bits per heavy atom. The molecule has 0 nitrogen and oxygen atoms in total. The van der Waals surface area contributed by atoms with Crippen LogP contribution in [0.5, 0.6) is 0 Å². The van der Waals surface area contributed by atoms with E-state index in [1.54, 1.807) is 0 Å². The Morgan fingerprint density at radius 2 is 1.64 bits per heavy atom. The van der Waals surface area contributed by atoms with E-state index in [0.29, 0.717) is 0 Å². The molecular weight excluding hydrogens is 168 g/mol. The average molecular weight is 195 g/mol. The zero-order valence-electron chi connectivity index (χ0n) is 9.93. The molecule has 1 aliphatic carbocycles. The van der Waals surface area contributed by atoms with Crippen LogP contribution in [0.4, 0.5) is 0 Å². The molecule has 0 heterocycles. The fraction of sp³-hybridized carbons (Fsp3) is 0.929. The Labute approximate surface area is 90.5 Å². The van der Waals surface area contributed by atoms with Crippen LogP contribution in [-0.2, 0) is 0 Å². The Kier molecular flexibility index (Phi) is 6.31. The molecule has 1 radical (unpaired) electrons. The van der Waals surface area contributed by atoms with Crippen molar-refractivity contribution in [1.29, 1.82) is 0 Å². The summed E-state index contributed by atoms with van der Waals surface area (Å²) >= 11 is 0. The third kappa shape index (κ3) is 4.48. The van der Waals surface area contributed by atoms with E-state index in [-0.39, 0.29) is 0 Å². The highest BCUT2D eigenvalue weighted by Crippen LogP contribution is 2.30. The minimum absolute atomic E-state index is 0.954. The zero-order chi connectivity index (χ0) is 10.2. The minimum Gasteiger partial charge on any atom is -0.0622 e. The smallest absolute Gasteiger partial charge is 0.0388 e. The first-order valence-corrected chi connectivity index (χ1v) is 6.64. The third-order valence-corrected chi connectivity index (χ3v) is 3.86. The van der Waals surface area contributed by atoms with Crippen molar-refractivity contribution < 1.29 is 0 Å². The van der Waals surface area contributed by atoms with Crippen LogP contribution in [0.15, 0.2) is 0 Å². The lowest BCUT2D eigenvalue weighted by Crippen LogP contribution is -2.13. The normalized spacial score (nSPS) is 22.7. The Bertz CT molecular complexity index is 120. The van der Waals surface area contributed by atoms with Crippen LogP contribution >= 0.6 is 0 Å². The van der Waals surface area contributed by atoms with Crippen LogP contribution < -0.4 is 0 Å². The van der Waals surface area contributed by atoms with Crippen LogP contribution in [0, 0.1) is 18.8 Å². The second-order valence-corrected chi connectivity index (χ2v) is 5.08. The van der Waals surface area contributed by atoms with Crippen molar-refractivity contribution in [2.24, 2.45) is 11.8 Å². The summed E-state index contributed by atoms with van der Waals surface area (Å²) in [6, 6.07) is 0. The van der Waals surface area contributed by atoms with Crippen molar-refractivity contribution >= 4 is 0 Å². The molecule has 0 saturated heterocycles. The molecule has 0 amide bonds. The van der Waals surface area contributed by atoms with Crippen molar-refractivity contribution in [3.05, 3.63) is 6.92 Å². The van der Waals surface area contributed by atoms with E-state index in [0.717, 1.165) is 18.3 Å². The van der Waals surface area contributed by atoms with E-state index >= 15 is 0 Å². The predicted octanol–water partition coefficient (Wildman–Crippen LogP) is 4.99. The number of rotatable bonds is 4. The van der Waals surface area contributed by atoms with Gasteiger partial charge in [0.2, 0.25) is 0 Å². The second-order valence-electron chi connectivity index (χ2n) is 5.08. The summed E-state index contributed by atoms with van der Waals surface area (Å²) in [7, 11) is 0. The quantitative estimate of drug-likeness (QED) is 0.593. The summed E-state index contributed by atoms with van der Waals surface area (Å²) in [4.78, 5) is 0. The summed E-state index contributed by atoms with van der Waals surface area (Å²) in [6.45, 7) is 6.40. The molecule has 0 aromatic carbocycles. The highest BCUT2D eigenvalue weighted by Gasteiger charge is 2.17. The Morgan fingerprint density at radius 1 is 1.07 bits per heavy atom. The number of hydrogen-bond donors (Lipinski definition) is 0. The van der Waals surface area contributed by atoms with Gasteiger partial charge in [0, 0.05) is 0 Å². The Hall–Kier alpha value is 0. The molecule has 1 rings (SSSR count). The van der Waals surface area contributed by atoms with Gasteiger partial charge in [-0.1, -0.05) is 78.1 Å². The standard InChI is InChI=1S/C14H27/c1-3-4-10-13(2)14-11-8-6-5-7-9-12-14/h13-14H,1,3-12H2,2H3.